The first kappa shape index (κ1) is 14.4. The lowest BCUT2D eigenvalue weighted by Gasteiger charge is -2.56. The molecule has 1 heterocycles. The van der Waals surface area contributed by atoms with Crippen molar-refractivity contribution in [2.75, 3.05) is 25.9 Å². The first-order valence-electron chi connectivity index (χ1n) is 8.72. The van der Waals surface area contributed by atoms with Gasteiger partial charge < -0.3 is 10.2 Å². The molecule has 5 aliphatic rings. The summed E-state index contributed by atoms with van der Waals surface area (Å²) < 4.78 is 0.471. The number of likely N-dealkylation sites (N-methyl/N-ethyl adjacent to an activating group) is 1. The molecule has 0 aromatic rings. The van der Waals surface area contributed by atoms with Gasteiger partial charge in [-0.2, -0.15) is 0 Å². The Hall–Kier alpha value is -0.220. The second-order valence-electron chi connectivity index (χ2n) is 8.20. The van der Waals surface area contributed by atoms with Crippen LogP contribution in [0.25, 0.3) is 0 Å². The van der Waals surface area contributed by atoms with Crippen LogP contribution in [0.3, 0.4) is 0 Å². The van der Waals surface area contributed by atoms with E-state index in [2.05, 4.69) is 17.3 Å². The number of nitrogens with one attached hydrogen (secondary N) is 1. The lowest BCUT2D eigenvalue weighted by molar-refractivity contribution is -0.119. The predicted octanol–water partition coefficient (Wildman–Crippen LogP) is 2.51. The van der Waals surface area contributed by atoms with Gasteiger partial charge in [0.25, 0.3) is 0 Å². The van der Waals surface area contributed by atoms with E-state index in [-0.39, 0.29) is 5.91 Å². The highest BCUT2D eigenvalue weighted by atomic mass is 32.2. The van der Waals surface area contributed by atoms with Crippen LogP contribution < -0.4 is 5.32 Å². The fraction of sp³-hybridized carbons (Fsp3) is 0.941. The zero-order valence-corrected chi connectivity index (χ0v) is 14.0. The normalized spacial score (nSPS) is 45.2. The van der Waals surface area contributed by atoms with Crippen LogP contribution in [0.2, 0.25) is 0 Å². The molecule has 4 aliphatic carbocycles. The van der Waals surface area contributed by atoms with Crippen molar-refractivity contribution in [2.24, 2.45) is 17.8 Å². The van der Waals surface area contributed by atoms with E-state index < -0.39 is 0 Å². The molecule has 5 rings (SSSR count). The van der Waals surface area contributed by atoms with Crippen LogP contribution >= 0.6 is 11.8 Å². The molecule has 4 heteroatoms. The first-order valence-corrected chi connectivity index (χ1v) is 9.71. The lowest BCUT2D eigenvalue weighted by Crippen LogP contribution is -2.49. The molecule has 3 nitrogen and oxygen atoms in total. The van der Waals surface area contributed by atoms with E-state index in [1.165, 1.54) is 38.5 Å². The molecule has 118 valence electrons. The van der Waals surface area contributed by atoms with Crippen LogP contribution in [0, 0.1) is 17.8 Å². The molecule has 21 heavy (non-hydrogen) atoms. The molecular weight excluding hydrogens is 280 g/mol. The average molecular weight is 308 g/mol. The summed E-state index contributed by atoms with van der Waals surface area (Å²) in [5.41, 5.74) is 0. The van der Waals surface area contributed by atoms with E-state index in [4.69, 9.17) is 0 Å². The van der Waals surface area contributed by atoms with Gasteiger partial charge in [0.05, 0.1) is 5.75 Å². The average Bonchev–Trinajstić information content (AvgIpc) is 2.80. The lowest BCUT2D eigenvalue weighted by atomic mass is 9.56. The summed E-state index contributed by atoms with van der Waals surface area (Å²) in [6, 6.07) is 0.388. The summed E-state index contributed by atoms with van der Waals surface area (Å²) in [6.07, 6.45) is 9.75. The molecule has 0 aromatic heterocycles. The zero-order chi connectivity index (χ0) is 14.4. The Morgan fingerprint density at radius 1 is 1.19 bits per heavy atom. The SMILES string of the molecule is CN1CC[C@H](NC(=O)CSC23CC4CC(CC(C4)C2)C3)C1. The van der Waals surface area contributed by atoms with Crippen LogP contribution in [0.4, 0.5) is 0 Å². The van der Waals surface area contributed by atoms with Crippen LogP contribution in [-0.4, -0.2) is 47.5 Å². The molecule has 1 saturated heterocycles. The number of hydrogen-bond acceptors (Lipinski definition) is 3. The van der Waals surface area contributed by atoms with Gasteiger partial charge in [-0.3, -0.25) is 4.79 Å². The maximum absolute atomic E-state index is 12.2. The fourth-order valence-electron chi connectivity index (χ4n) is 5.75. The van der Waals surface area contributed by atoms with Crippen molar-refractivity contribution in [1.82, 2.24) is 10.2 Å². The summed E-state index contributed by atoms with van der Waals surface area (Å²) in [5, 5.41) is 3.24. The summed E-state index contributed by atoms with van der Waals surface area (Å²) >= 11 is 2.00. The predicted molar refractivity (Wildman–Crippen MR) is 87.4 cm³/mol. The second kappa shape index (κ2) is 5.45. The summed E-state index contributed by atoms with van der Waals surface area (Å²) in [7, 11) is 2.14. The maximum atomic E-state index is 12.2. The van der Waals surface area contributed by atoms with Gasteiger partial charge in [0.2, 0.25) is 5.91 Å². The monoisotopic (exact) mass is 308 g/mol. The fourth-order valence-corrected chi connectivity index (χ4v) is 7.33. The zero-order valence-electron chi connectivity index (χ0n) is 13.1. The van der Waals surface area contributed by atoms with E-state index >= 15 is 0 Å². The van der Waals surface area contributed by atoms with Crippen LogP contribution in [0.15, 0.2) is 0 Å². The molecule has 5 fully saturated rings. The molecule has 0 unspecified atom stereocenters. The Morgan fingerprint density at radius 3 is 2.33 bits per heavy atom. The third-order valence-electron chi connectivity index (χ3n) is 6.25. The minimum Gasteiger partial charge on any atom is -0.351 e. The number of carbonyl (C=O) groups excluding carboxylic acids is 1. The van der Waals surface area contributed by atoms with Crippen molar-refractivity contribution in [3.8, 4) is 0 Å². The van der Waals surface area contributed by atoms with Gasteiger partial charge in [-0.25, -0.2) is 0 Å². The third-order valence-corrected chi connectivity index (χ3v) is 7.77. The molecule has 1 N–H and O–H groups in total. The number of amides is 1. The molecule has 4 saturated carbocycles. The van der Waals surface area contributed by atoms with Gasteiger partial charge in [-0.15, -0.1) is 11.8 Å². The van der Waals surface area contributed by atoms with Crippen LogP contribution in [-0.2, 0) is 4.79 Å². The van der Waals surface area contributed by atoms with Gasteiger partial charge in [0.1, 0.15) is 0 Å². The highest BCUT2D eigenvalue weighted by Gasteiger charge is 2.51. The maximum Gasteiger partial charge on any atom is 0.230 e. The molecule has 4 bridgehead atoms. The Morgan fingerprint density at radius 2 is 1.81 bits per heavy atom. The standard InChI is InChI=1S/C17H28N2OS/c1-19-3-2-15(10-19)18-16(20)11-21-17-7-12-4-13(8-17)6-14(5-12)9-17/h12-15H,2-11H2,1H3,(H,18,20)/t12?,13?,14?,15-,17?/m0/s1. The Labute approximate surface area is 132 Å². The Balaban J connectivity index is 1.29. The van der Waals surface area contributed by atoms with E-state index in [0.717, 1.165) is 37.3 Å². The number of hydrogen-bond donors (Lipinski definition) is 1. The quantitative estimate of drug-likeness (QED) is 0.866. The largest absolute Gasteiger partial charge is 0.351 e. The summed E-state index contributed by atoms with van der Waals surface area (Å²) in [5.74, 6) is 3.91. The van der Waals surface area contributed by atoms with Crippen LogP contribution in [0.1, 0.15) is 44.9 Å². The van der Waals surface area contributed by atoms with Crippen molar-refractivity contribution >= 4 is 17.7 Å². The highest BCUT2D eigenvalue weighted by molar-refractivity contribution is 8.01. The van der Waals surface area contributed by atoms with E-state index in [1.807, 2.05) is 11.8 Å². The summed E-state index contributed by atoms with van der Waals surface area (Å²) in [4.78, 5) is 14.6. The number of likely N-dealkylation sites (tertiary alicyclic amines) is 1. The summed E-state index contributed by atoms with van der Waals surface area (Å²) in [6.45, 7) is 2.14. The number of rotatable bonds is 4. The minimum atomic E-state index is 0.274. The third kappa shape index (κ3) is 2.98. The minimum absolute atomic E-state index is 0.274. The molecule has 1 atom stereocenters. The van der Waals surface area contributed by atoms with Gasteiger partial charge in [-0.05, 0) is 76.3 Å². The van der Waals surface area contributed by atoms with E-state index in [0.29, 0.717) is 16.5 Å². The van der Waals surface area contributed by atoms with Gasteiger partial charge >= 0.3 is 0 Å². The molecule has 0 spiro atoms. The van der Waals surface area contributed by atoms with E-state index in [1.54, 1.807) is 0 Å². The van der Waals surface area contributed by atoms with Crippen molar-refractivity contribution in [3.05, 3.63) is 0 Å². The molecule has 0 aromatic carbocycles. The van der Waals surface area contributed by atoms with Gasteiger partial charge in [0.15, 0.2) is 0 Å². The Kier molecular flexibility index (Phi) is 3.73. The second-order valence-corrected chi connectivity index (χ2v) is 9.65. The number of carbonyl (C=O) groups is 1. The van der Waals surface area contributed by atoms with Crippen LogP contribution in [0.5, 0.6) is 0 Å². The molecular formula is C17H28N2OS. The molecule has 1 amide bonds. The van der Waals surface area contributed by atoms with Gasteiger partial charge in [-0.1, -0.05) is 0 Å². The number of nitrogens with zero attached hydrogens (tertiary/aromatic N) is 1. The number of thioether (sulfide) groups is 1. The van der Waals surface area contributed by atoms with Crippen molar-refractivity contribution < 1.29 is 4.79 Å². The van der Waals surface area contributed by atoms with Crippen molar-refractivity contribution in [1.29, 1.82) is 0 Å². The van der Waals surface area contributed by atoms with Gasteiger partial charge in [0, 0.05) is 17.3 Å². The van der Waals surface area contributed by atoms with E-state index in [9.17, 15) is 4.79 Å². The topological polar surface area (TPSA) is 32.3 Å². The van der Waals surface area contributed by atoms with Crippen molar-refractivity contribution in [3.63, 3.8) is 0 Å². The smallest absolute Gasteiger partial charge is 0.230 e. The molecule has 1 aliphatic heterocycles. The Bertz CT molecular complexity index is 390. The highest BCUT2D eigenvalue weighted by Crippen LogP contribution is 2.60. The molecule has 0 radical (unpaired) electrons. The van der Waals surface area contributed by atoms with Crippen molar-refractivity contribution in [2.45, 2.75) is 55.7 Å². The first-order chi connectivity index (χ1) is 10.1.